The second-order valence-corrected chi connectivity index (χ2v) is 5.48. The van der Waals surface area contributed by atoms with E-state index < -0.39 is 0 Å². The highest BCUT2D eigenvalue weighted by molar-refractivity contribution is 5.95. The first-order valence-corrected chi connectivity index (χ1v) is 7.40. The summed E-state index contributed by atoms with van der Waals surface area (Å²) in [6, 6.07) is 7.96. The van der Waals surface area contributed by atoms with Crippen LogP contribution in [-0.2, 0) is 0 Å². The van der Waals surface area contributed by atoms with Crippen LogP contribution in [0.2, 0.25) is 0 Å². The van der Waals surface area contributed by atoms with Crippen LogP contribution in [0, 0.1) is 6.92 Å². The van der Waals surface area contributed by atoms with Gasteiger partial charge in [-0.05, 0) is 37.8 Å². The number of nitrogens with zero attached hydrogens (tertiary/aromatic N) is 1. The van der Waals surface area contributed by atoms with Gasteiger partial charge in [0, 0.05) is 37.8 Å². The molecule has 0 aliphatic carbocycles. The van der Waals surface area contributed by atoms with Crippen LogP contribution in [0.15, 0.2) is 24.3 Å². The summed E-state index contributed by atoms with van der Waals surface area (Å²) in [7, 11) is 0. The van der Waals surface area contributed by atoms with E-state index in [1.54, 1.807) is 0 Å². The number of carbonyl (C=O) groups excluding carboxylic acids is 1. The number of amides is 1. The normalized spacial score (nSPS) is 17.1. The maximum atomic E-state index is 12.2. The largest absolute Gasteiger partial charge is 0.396 e. The molecule has 0 bridgehead atoms. The molecule has 1 aliphatic heterocycles. The van der Waals surface area contributed by atoms with E-state index in [1.165, 1.54) is 0 Å². The zero-order chi connectivity index (χ0) is 14.4. The molecular formula is C16H24N2O2. The number of benzene rings is 1. The predicted molar refractivity (Wildman–Crippen MR) is 79.8 cm³/mol. The van der Waals surface area contributed by atoms with Crippen LogP contribution in [0.5, 0.6) is 0 Å². The Kier molecular flexibility index (Phi) is 5.56. The standard InChI is InChI=1S/C16H24N2O2/c1-13-5-2-3-6-15(13)16(20)17-14-7-10-18(11-8-14)9-4-12-19/h2-3,5-6,14,19H,4,7-12H2,1H3,(H,17,20). The fraction of sp³-hybridized carbons (Fsp3) is 0.562. The van der Waals surface area contributed by atoms with Crippen LogP contribution in [0.1, 0.15) is 35.2 Å². The van der Waals surface area contributed by atoms with E-state index in [1.807, 2.05) is 31.2 Å². The van der Waals surface area contributed by atoms with Gasteiger partial charge >= 0.3 is 0 Å². The van der Waals surface area contributed by atoms with Gasteiger partial charge < -0.3 is 15.3 Å². The number of aliphatic hydroxyl groups excluding tert-OH is 1. The molecule has 1 fully saturated rings. The first-order chi connectivity index (χ1) is 9.70. The van der Waals surface area contributed by atoms with Gasteiger partial charge in [0.25, 0.3) is 5.91 Å². The van der Waals surface area contributed by atoms with E-state index >= 15 is 0 Å². The van der Waals surface area contributed by atoms with Gasteiger partial charge in [-0.2, -0.15) is 0 Å². The highest BCUT2D eigenvalue weighted by atomic mass is 16.3. The van der Waals surface area contributed by atoms with Crippen molar-refractivity contribution in [2.24, 2.45) is 0 Å². The number of aliphatic hydroxyl groups is 1. The van der Waals surface area contributed by atoms with Crippen LogP contribution in [-0.4, -0.2) is 48.2 Å². The van der Waals surface area contributed by atoms with E-state index in [9.17, 15) is 4.79 Å². The Labute approximate surface area is 120 Å². The van der Waals surface area contributed by atoms with E-state index in [4.69, 9.17) is 5.11 Å². The minimum absolute atomic E-state index is 0.0388. The average molecular weight is 276 g/mol. The maximum Gasteiger partial charge on any atom is 0.251 e. The Morgan fingerprint density at radius 1 is 1.35 bits per heavy atom. The summed E-state index contributed by atoms with van der Waals surface area (Å²) in [4.78, 5) is 14.6. The first kappa shape index (κ1) is 15.0. The van der Waals surface area contributed by atoms with Crippen LogP contribution in [0.3, 0.4) is 0 Å². The van der Waals surface area contributed by atoms with Crippen molar-refractivity contribution in [2.75, 3.05) is 26.2 Å². The van der Waals surface area contributed by atoms with Gasteiger partial charge in [-0.3, -0.25) is 4.79 Å². The molecule has 4 nitrogen and oxygen atoms in total. The van der Waals surface area contributed by atoms with E-state index in [-0.39, 0.29) is 18.6 Å². The van der Waals surface area contributed by atoms with Gasteiger partial charge in [-0.25, -0.2) is 0 Å². The van der Waals surface area contributed by atoms with Crippen molar-refractivity contribution in [1.82, 2.24) is 10.2 Å². The van der Waals surface area contributed by atoms with Gasteiger partial charge in [0.05, 0.1) is 0 Å². The average Bonchev–Trinajstić information content (AvgIpc) is 2.47. The van der Waals surface area contributed by atoms with Crippen molar-refractivity contribution in [3.8, 4) is 0 Å². The van der Waals surface area contributed by atoms with Crippen molar-refractivity contribution < 1.29 is 9.90 Å². The highest BCUT2D eigenvalue weighted by Crippen LogP contribution is 2.13. The van der Waals surface area contributed by atoms with Crippen molar-refractivity contribution in [1.29, 1.82) is 0 Å². The quantitative estimate of drug-likeness (QED) is 0.858. The van der Waals surface area contributed by atoms with E-state index in [2.05, 4.69) is 10.2 Å². The Hall–Kier alpha value is -1.39. The van der Waals surface area contributed by atoms with Crippen LogP contribution in [0.25, 0.3) is 0 Å². The van der Waals surface area contributed by atoms with Crippen molar-refractivity contribution in [2.45, 2.75) is 32.2 Å². The smallest absolute Gasteiger partial charge is 0.251 e. The second kappa shape index (κ2) is 7.41. The molecule has 0 saturated carbocycles. The monoisotopic (exact) mass is 276 g/mol. The number of piperidine rings is 1. The van der Waals surface area contributed by atoms with Crippen LogP contribution >= 0.6 is 0 Å². The second-order valence-electron chi connectivity index (χ2n) is 5.48. The van der Waals surface area contributed by atoms with Crippen molar-refractivity contribution in [3.63, 3.8) is 0 Å². The summed E-state index contributed by atoms with van der Waals surface area (Å²) in [5.74, 6) is 0.0388. The van der Waals surface area contributed by atoms with E-state index in [0.717, 1.165) is 50.0 Å². The van der Waals surface area contributed by atoms with E-state index in [0.29, 0.717) is 0 Å². The van der Waals surface area contributed by atoms with Crippen LogP contribution < -0.4 is 5.32 Å². The Morgan fingerprint density at radius 2 is 2.05 bits per heavy atom. The molecule has 1 heterocycles. The number of hydrogen-bond acceptors (Lipinski definition) is 3. The molecule has 1 saturated heterocycles. The molecule has 110 valence electrons. The molecule has 1 aromatic carbocycles. The lowest BCUT2D eigenvalue weighted by Crippen LogP contribution is -2.45. The fourth-order valence-electron chi connectivity index (χ4n) is 2.69. The molecule has 2 rings (SSSR count). The van der Waals surface area contributed by atoms with Gasteiger partial charge in [-0.15, -0.1) is 0 Å². The topological polar surface area (TPSA) is 52.6 Å². The molecule has 0 atom stereocenters. The molecular weight excluding hydrogens is 252 g/mol. The molecule has 0 spiro atoms. The molecule has 1 aliphatic rings. The molecule has 1 aromatic rings. The van der Waals surface area contributed by atoms with Gasteiger partial charge in [-0.1, -0.05) is 18.2 Å². The maximum absolute atomic E-state index is 12.2. The summed E-state index contributed by atoms with van der Waals surface area (Å²) in [6.45, 7) is 5.17. The summed E-state index contributed by atoms with van der Waals surface area (Å²) in [5, 5.41) is 12.0. The summed E-state index contributed by atoms with van der Waals surface area (Å²) in [6.07, 6.45) is 2.81. The lowest BCUT2D eigenvalue weighted by Gasteiger charge is -2.32. The Bertz CT molecular complexity index is 440. The number of carbonyl (C=O) groups is 1. The fourth-order valence-corrected chi connectivity index (χ4v) is 2.69. The molecule has 0 aromatic heterocycles. The van der Waals surface area contributed by atoms with Gasteiger partial charge in [0.2, 0.25) is 0 Å². The SMILES string of the molecule is Cc1ccccc1C(=O)NC1CCN(CCCO)CC1. The highest BCUT2D eigenvalue weighted by Gasteiger charge is 2.21. The third-order valence-electron chi connectivity index (χ3n) is 3.94. The zero-order valence-electron chi connectivity index (χ0n) is 12.1. The Balaban J connectivity index is 1.81. The zero-order valence-corrected chi connectivity index (χ0v) is 12.1. The number of aryl methyl sites for hydroxylation is 1. The minimum Gasteiger partial charge on any atom is -0.396 e. The lowest BCUT2D eigenvalue weighted by molar-refractivity contribution is 0.0908. The predicted octanol–water partition coefficient (Wildman–Crippen LogP) is 1.57. The van der Waals surface area contributed by atoms with Crippen molar-refractivity contribution >= 4 is 5.91 Å². The van der Waals surface area contributed by atoms with Gasteiger partial charge in [0.1, 0.15) is 0 Å². The first-order valence-electron chi connectivity index (χ1n) is 7.40. The number of nitrogens with one attached hydrogen (secondary N) is 1. The van der Waals surface area contributed by atoms with Crippen LogP contribution in [0.4, 0.5) is 0 Å². The molecule has 4 heteroatoms. The third kappa shape index (κ3) is 4.05. The number of likely N-dealkylation sites (tertiary alicyclic amines) is 1. The number of hydrogen-bond donors (Lipinski definition) is 2. The molecule has 20 heavy (non-hydrogen) atoms. The summed E-state index contributed by atoms with van der Waals surface area (Å²) >= 11 is 0. The lowest BCUT2D eigenvalue weighted by atomic mass is 10.0. The van der Waals surface area contributed by atoms with Crippen molar-refractivity contribution in [3.05, 3.63) is 35.4 Å². The molecule has 0 radical (unpaired) electrons. The van der Waals surface area contributed by atoms with Gasteiger partial charge in [0.15, 0.2) is 0 Å². The summed E-state index contributed by atoms with van der Waals surface area (Å²) in [5.41, 5.74) is 1.79. The molecule has 2 N–H and O–H groups in total. The number of rotatable bonds is 5. The molecule has 1 amide bonds. The summed E-state index contributed by atoms with van der Waals surface area (Å²) < 4.78 is 0. The molecule has 0 unspecified atom stereocenters. The third-order valence-corrected chi connectivity index (χ3v) is 3.94. The minimum atomic E-state index is 0.0388. The Morgan fingerprint density at radius 3 is 2.70 bits per heavy atom.